The standard InChI is InChI=1S/C16H18BrNO/c1-12(13-5-3-2-4-6-13)18-11-16(19)14-7-9-15(17)10-8-14/h2-10,12,16,18-19H,11H2,1H3/t12?,16-/m0/s1. The third-order valence-electron chi connectivity index (χ3n) is 3.17. The van der Waals surface area contributed by atoms with Crippen molar-refractivity contribution in [3.05, 3.63) is 70.2 Å². The first-order valence-corrected chi connectivity index (χ1v) is 7.18. The average molecular weight is 320 g/mol. The summed E-state index contributed by atoms with van der Waals surface area (Å²) in [7, 11) is 0. The first-order chi connectivity index (χ1) is 9.16. The zero-order valence-electron chi connectivity index (χ0n) is 10.9. The Morgan fingerprint density at radius 1 is 1.00 bits per heavy atom. The van der Waals surface area contributed by atoms with E-state index in [4.69, 9.17) is 0 Å². The van der Waals surface area contributed by atoms with Crippen LogP contribution in [-0.2, 0) is 0 Å². The summed E-state index contributed by atoms with van der Waals surface area (Å²) in [5.74, 6) is 0. The summed E-state index contributed by atoms with van der Waals surface area (Å²) in [6, 6.07) is 18.2. The first kappa shape index (κ1) is 14.3. The monoisotopic (exact) mass is 319 g/mol. The molecule has 19 heavy (non-hydrogen) atoms. The van der Waals surface area contributed by atoms with E-state index in [1.54, 1.807) is 0 Å². The van der Waals surface area contributed by atoms with Gasteiger partial charge in [0.25, 0.3) is 0 Å². The van der Waals surface area contributed by atoms with Gasteiger partial charge in [-0.1, -0.05) is 58.4 Å². The topological polar surface area (TPSA) is 32.3 Å². The van der Waals surface area contributed by atoms with Gasteiger partial charge in [0.2, 0.25) is 0 Å². The molecule has 0 spiro atoms. The molecule has 0 heterocycles. The predicted molar refractivity (Wildman–Crippen MR) is 82.0 cm³/mol. The Bertz CT molecular complexity index is 498. The maximum Gasteiger partial charge on any atom is 0.0914 e. The van der Waals surface area contributed by atoms with Crippen LogP contribution in [0.3, 0.4) is 0 Å². The second-order valence-electron chi connectivity index (χ2n) is 4.61. The number of hydrogen-bond donors (Lipinski definition) is 2. The molecule has 0 aromatic heterocycles. The highest BCUT2D eigenvalue weighted by atomic mass is 79.9. The van der Waals surface area contributed by atoms with Gasteiger partial charge in [0.1, 0.15) is 0 Å². The molecule has 0 bridgehead atoms. The van der Waals surface area contributed by atoms with Gasteiger partial charge in [-0.15, -0.1) is 0 Å². The second kappa shape index (κ2) is 6.85. The predicted octanol–water partition coefficient (Wildman–Crippen LogP) is 3.83. The number of nitrogens with one attached hydrogen (secondary N) is 1. The fourth-order valence-corrected chi connectivity index (χ4v) is 2.22. The Balaban J connectivity index is 1.90. The number of aliphatic hydroxyl groups excluding tert-OH is 1. The molecule has 1 unspecified atom stereocenters. The van der Waals surface area contributed by atoms with E-state index in [2.05, 4.69) is 40.3 Å². The molecular weight excluding hydrogens is 302 g/mol. The lowest BCUT2D eigenvalue weighted by atomic mass is 10.1. The molecule has 2 atom stereocenters. The summed E-state index contributed by atoms with van der Waals surface area (Å²) in [6.07, 6.45) is -0.487. The van der Waals surface area contributed by atoms with Crippen LogP contribution in [0.5, 0.6) is 0 Å². The average Bonchev–Trinajstić information content (AvgIpc) is 2.46. The van der Waals surface area contributed by atoms with Gasteiger partial charge in [0, 0.05) is 17.1 Å². The third kappa shape index (κ3) is 4.16. The minimum Gasteiger partial charge on any atom is -0.387 e. The minimum absolute atomic E-state index is 0.228. The number of hydrogen-bond acceptors (Lipinski definition) is 2. The molecule has 0 aliphatic heterocycles. The Morgan fingerprint density at radius 3 is 2.26 bits per heavy atom. The maximum atomic E-state index is 10.1. The van der Waals surface area contributed by atoms with E-state index < -0.39 is 6.10 Å². The Hall–Kier alpha value is -1.16. The maximum absolute atomic E-state index is 10.1. The highest BCUT2D eigenvalue weighted by Crippen LogP contribution is 2.18. The molecule has 2 N–H and O–H groups in total. The van der Waals surface area contributed by atoms with Gasteiger partial charge < -0.3 is 10.4 Å². The van der Waals surface area contributed by atoms with Crippen LogP contribution in [0.4, 0.5) is 0 Å². The highest BCUT2D eigenvalue weighted by Gasteiger charge is 2.10. The Kier molecular flexibility index (Phi) is 5.14. The molecule has 2 rings (SSSR count). The van der Waals surface area contributed by atoms with E-state index >= 15 is 0 Å². The molecule has 2 aromatic rings. The van der Waals surface area contributed by atoms with Crippen molar-refractivity contribution in [3.8, 4) is 0 Å². The van der Waals surface area contributed by atoms with Gasteiger partial charge in [0.05, 0.1) is 6.10 Å². The van der Waals surface area contributed by atoms with Gasteiger partial charge in [0.15, 0.2) is 0 Å². The van der Waals surface area contributed by atoms with Crippen LogP contribution in [0.1, 0.15) is 30.2 Å². The normalized spacial score (nSPS) is 14.1. The fraction of sp³-hybridized carbons (Fsp3) is 0.250. The number of aliphatic hydroxyl groups is 1. The van der Waals surface area contributed by atoms with E-state index in [0.717, 1.165) is 10.0 Å². The summed E-state index contributed by atoms with van der Waals surface area (Å²) >= 11 is 3.39. The molecular formula is C16H18BrNO. The van der Waals surface area contributed by atoms with E-state index in [9.17, 15) is 5.11 Å². The van der Waals surface area contributed by atoms with Crippen molar-refractivity contribution in [3.63, 3.8) is 0 Å². The summed E-state index contributed by atoms with van der Waals surface area (Å²) in [6.45, 7) is 2.64. The second-order valence-corrected chi connectivity index (χ2v) is 5.52. The zero-order chi connectivity index (χ0) is 13.7. The lowest BCUT2D eigenvalue weighted by Crippen LogP contribution is -2.24. The van der Waals surface area contributed by atoms with Crippen molar-refractivity contribution in [1.29, 1.82) is 0 Å². The van der Waals surface area contributed by atoms with Gasteiger partial charge in [-0.05, 0) is 30.2 Å². The largest absolute Gasteiger partial charge is 0.387 e. The first-order valence-electron chi connectivity index (χ1n) is 6.38. The van der Waals surface area contributed by atoms with Crippen LogP contribution in [0, 0.1) is 0 Å². The third-order valence-corrected chi connectivity index (χ3v) is 3.70. The zero-order valence-corrected chi connectivity index (χ0v) is 12.5. The molecule has 2 aromatic carbocycles. The van der Waals surface area contributed by atoms with Crippen molar-refractivity contribution in [2.75, 3.05) is 6.54 Å². The Labute approximate surface area is 122 Å². The molecule has 0 amide bonds. The molecule has 0 aliphatic rings. The van der Waals surface area contributed by atoms with E-state index in [1.807, 2.05) is 42.5 Å². The summed E-state index contributed by atoms with van der Waals surface area (Å²) in [4.78, 5) is 0. The minimum atomic E-state index is -0.487. The van der Waals surface area contributed by atoms with Crippen molar-refractivity contribution in [2.45, 2.75) is 19.1 Å². The van der Waals surface area contributed by atoms with Gasteiger partial charge >= 0.3 is 0 Å². The SMILES string of the molecule is CC(NC[C@H](O)c1ccc(Br)cc1)c1ccccc1. The van der Waals surface area contributed by atoms with Crippen LogP contribution >= 0.6 is 15.9 Å². The molecule has 0 saturated carbocycles. The highest BCUT2D eigenvalue weighted by molar-refractivity contribution is 9.10. The van der Waals surface area contributed by atoms with E-state index in [0.29, 0.717) is 6.54 Å². The van der Waals surface area contributed by atoms with Gasteiger partial charge in [-0.25, -0.2) is 0 Å². The molecule has 0 radical (unpaired) electrons. The lowest BCUT2D eigenvalue weighted by Gasteiger charge is -2.17. The molecule has 3 heteroatoms. The molecule has 2 nitrogen and oxygen atoms in total. The molecule has 0 saturated heterocycles. The van der Waals surface area contributed by atoms with E-state index in [-0.39, 0.29) is 6.04 Å². The van der Waals surface area contributed by atoms with Crippen LogP contribution in [0.15, 0.2) is 59.1 Å². The molecule has 0 aliphatic carbocycles. The lowest BCUT2D eigenvalue weighted by molar-refractivity contribution is 0.171. The summed E-state index contributed by atoms with van der Waals surface area (Å²) in [5, 5.41) is 13.5. The van der Waals surface area contributed by atoms with Gasteiger partial charge in [-0.3, -0.25) is 0 Å². The van der Waals surface area contributed by atoms with Crippen LogP contribution < -0.4 is 5.32 Å². The smallest absolute Gasteiger partial charge is 0.0914 e. The molecule has 100 valence electrons. The molecule has 0 fully saturated rings. The summed E-state index contributed by atoms with van der Waals surface area (Å²) < 4.78 is 1.02. The van der Waals surface area contributed by atoms with Crippen molar-refractivity contribution < 1.29 is 5.11 Å². The van der Waals surface area contributed by atoms with Crippen LogP contribution in [-0.4, -0.2) is 11.7 Å². The number of halogens is 1. The summed E-state index contributed by atoms with van der Waals surface area (Å²) in [5.41, 5.74) is 2.15. The number of benzene rings is 2. The van der Waals surface area contributed by atoms with Crippen molar-refractivity contribution in [2.24, 2.45) is 0 Å². The van der Waals surface area contributed by atoms with E-state index in [1.165, 1.54) is 5.56 Å². The fourth-order valence-electron chi connectivity index (χ4n) is 1.95. The van der Waals surface area contributed by atoms with Crippen molar-refractivity contribution in [1.82, 2.24) is 5.32 Å². The quantitative estimate of drug-likeness (QED) is 0.877. The van der Waals surface area contributed by atoms with Crippen molar-refractivity contribution >= 4 is 15.9 Å². The van der Waals surface area contributed by atoms with Gasteiger partial charge in [-0.2, -0.15) is 0 Å². The van der Waals surface area contributed by atoms with Crippen LogP contribution in [0.25, 0.3) is 0 Å². The Morgan fingerprint density at radius 2 is 1.63 bits per heavy atom. The van der Waals surface area contributed by atoms with Crippen LogP contribution in [0.2, 0.25) is 0 Å². The number of rotatable bonds is 5.